The molecule has 0 atom stereocenters. The zero-order valence-electron chi connectivity index (χ0n) is 7.70. The van der Waals surface area contributed by atoms with Crippen molar-refractivity contribution in [1.29, 1.82) is 0 Å². The van der Waals surface area contributed by atoms with Gasteiger partial charge in [0.15, 0.2) is 0 Å². The normalized spacial score (nSPS) is 9.93. The molecule has 0 spiro atoms. The summed E-state index contributed by atoms with van der Waals surface area (Å²) in [5.41, 5.74) is 0.511. The van der Waals surface area contributed by atoms with E-state index < -0.39 is 0 Å². The molecular formula is C10H8BrN3O. The van der Waals surface area contributed by atoms with Gasteiger partial charge in [0.2, 0.25) is 0 Å². The van der Waals surface area contributed by atoms with Gasteiger partial charge in [-0.1, -0.05) is 15.9 Å². The van der Waals surface area contributed by atoms with Gasteiger partial charge in [0.25, 0.3) is 5.91 Å². The number of carbonyl (C=O) groups is 1. The number of nitrogens with one attached hydrogen (secondary N) is 2. The van der Waals surface area contributed by atoms with Gasteiger partial charge in [-0.15, -0.1) is 0 Å². The number of amides is 1. The molecule has 15 heavy (non-hydrogen) atoms. The Hall–Kier alpha value is -1.62. The Labute approximate surface area is 94.9 Å². The maximum absolute atomic E-state index is 11.6. The number of halogens is 1. The van der Waals surface area contributed by atoms with Crippen molar-refractivity contribution in [2.24, 2.45) is 0 Å². The van der Waals surface area contributed by atoms with Gasteiger partial charge in [0.05, 0.1) is 0 Å². The number of carbonyl (C=O) groups excluding carboxylic acids is 1. The summed E-state index contributed by atoms with van der Waals surface area (Å²) in [5, 5.41) is 2.67. The molecule has 0 saturated heterocycles. The molecule has 0 saturated carbocycles. The number of hydrogen-bond donors (Lipinski definition) is 2. The van der Waals surface area contributed by atoms with Gasteiger partial charge in [-0.2, -0.15) is 0 Å². The first-order chi connectivity index (χ1) is 7.25. The average Bonchev–Trinajstić information content (AvgIpc) is 2.70. The van der Waals surface area contributed by atoms with Crippen molar-refractivity contribution in [3.63, 3.8) is 0 Å². The van der Waals surface area contributed by atoms with Gasteiger partial charge in [0, 0.05) is 16.9 Å². The summed E-state index contributed by atoms with van der Waals surface area (Å²) < 4.78 is 0.874. The molecule has 0 aliphatic carbocycles. The van der Waals surface area contributed by atoms with Crippen molar-refractivity contribution >= 4 is 27.7 Å². The van der Waals surface area contributed by atoms with Crippen LogP contribution in [0.4, 0.5) is 5.82 Å². The van der Waals surface area contributed by atoms with Crippen LogP contribution in [0.25, 0.3) is 0 Å². The fraction of sp³-hybridized carbons (Fsp3) is 0. The van der Waals surface area contributed by atoms with Crippen LogP contribution in [0.15, 0.2) is 41.1 Å². The molecule has 2 aromatic heterocycles. The molecule has 4 nitrogen and oxygen atoms in total. The molecule has 76 valence electrons. The lowest BCUT2D eigenvalue weighted by Crippen LogP contribution is -2.13. The first kappa shape index (κ1) is 9.92. The average molecular weight is 266 g/mol. The predicted octanol–water partition coefficient (Wildman–Crippen LogP) is 2.42. The van der Waals surface area contributed by atoms with Crippen LogP contribution in [0.5, 0.6) is 0 Å². The van der Waals surface area contributed by atoms with Gasteiger partial charge >= 0.3 is 0 Å². The van der Waals surface area contributed by atoms with E-state index in [2.05, 4.69) is 31.2 Å². The molecule has 0 aromatic carbocycles. The fourth-order valence-electron chi connectivity index (χ4n) is 1.13. The second-order valence-corrected chi connectivity index (χ2v) is 3.81. The highest BCUT2D eigenvalue weighted by atomic mass is 79.9. The lowest BCUT2D eigenvalue weighted by molar-refractivity contribution is 0.102. The molecule has 0 radical (unpaired) electrons. The monoisotopic (exact) mass is 265 g/mol. The quantitative estimate of drug-likeness (QED) is 0.877. The number of anilines is 1. The number of H-pyrrole nitrogens is 1. The second kappa shape index (κ2) is 4.27. The van der Waals surface area contributed by atoms with Crippen LogP contribution in [-0.4, -0.2) is 15.9 Å². The first-order valence-electron chi connectivity index (χ1n) is 4.32. The van der Waals surface area contributed by atoms with Crippen LogP contribution >= 0.6 is 15.9 Å². The third kappa shape index (κ3) is 2.44. The van der Waals surface area contributed by atoms with E-state index in [9.17, 15) is 4.79 Å². The van der Waals surface area contributed by atoms with E-state index in [1.54, 1.807) is 36.7 Å². The zero-order valence-corrected chi connectivity index (χ0v) is 9.28. The summed E-state index contributed by atoms with van der Waals surface area (Å²) in [6.07, 6.45) is 3.32. The summed E-state index contributed by atoms with van der Waals surface area (Å²) >= 11 is 3.30. The molecule has 2 aromatic rings. The number of nitrogens with zero attached hydrogens (tertiary/aromatic N) is 1. The minimum Gasteiger partial charge on any atom is -0.357 e. The third-order valence-electron chi connectivity index (χ3n) is 1.81. The van der Waals surface area contributed by atoms with Crippen molar-refractivity contribution < 1.29 is 4.79 Å². The summed E-state index contributed by atoms with van der Waals surface area (Å²) in [4.78, 5) is 18.4. The summed E-state index contributed by atoms with van der Waals surface area (Å²) in [7, 11) is 0. The van der Waals surface area contributed by atoms with E-state index >= 15 is 0 Å². The standard InChI is InChI=1S/C10H8BrN3O/c11-7-3-5-13-9(6-7)14-10(15)8-2-1-4-12-8/h1-6,12H,(H,13,14,15). The van der Waals surface area contributed by atoms with Crippen molar-refractivity contribution in [2.45, 2.75) is 0 Å². The minimum atomic E-state index is -0.203. The van der Waals surface area contributed by atoms with E-state index in [1.165, 1.54) is 0 Å². The molecular weight excluding hydrogens is 258 g/mol. The van der Waals surface area contributed by atoms with Crippen molar-refractivity contribution in [2.75, 3.05) is 5.32 Å². The SMILES string of the molecule is O=C(Nc1cc(Br)ccn1)c1ccc[nH]1. The van der Waals surface area contributed by atoms with Crippen molar-refractivity contribution in [1.82, 2.24) is 9.97 Å². The number of aromatic amines is 1. The zero-order chi connectivity index (χ0) is 10.7. The Morgan fingerprint density at radius 2 is 2.33 bits per heavy atom. The molecule has 5 heteroatoms. The van der Waals surface area contributed by atoms with Crippen LogP contribution < -0.4 is 5.32 Å². The highest BCUT2D eigenvalue weighted by Crippen LogP contribution is 2.13. The van der Waals surface area contributed by atoms with E-state index in [-0.39, 0.29) is 5.91 Å². The van der Waals surface area contributed by atoms with Gasteiger partial charge in [-0.25, -0.2) is 4.98 Å². The maximum Gasteiger partial charge on any atom is 0.273 e. The fourth-order valence-corrected chi connectivity index (χ4v) is 1.46. The summed E-state index contributed by atoms with van der Waals surface area (Å²) in [5.74, 6) is 0.314. The Kier molecular flexibility index (Phi) is 2.82. The molecule has 2 rings (SSSR count). The van der Waals surface area contributed by atoms with Gasteiger partial charge in [-0.3, -0.25) is 4.79 Å². The van der Waals surface area contributed by atoms with Crippen LogP contribution in [0, 0.1) is 0 Å². The van der Waals surface area contributed by atoms with E-state index in [0.717, 1.165) is 4.47 Å². The first-order valence-corrected chi connectivity index (χ1v) is 5.11. The van der Waals surface area contributed by atoms with Gasteiger partial charge in [0.1, 0.15) is 11.5 Å². The molecule has 2 N–H and O–H groups in total. The van der Waals surface area contributed by atoms with Crippen LogP contribution in [0.3, 0.4) is 0 Å². The lowest BCUT2D eigenvalue weighted by atomic mass is 10.4. The van der Waals surface area contributed by atoms with E-state index in [4.69, 9.17) is 0 Å². The van der Waals surface area contributed by atoms with Crippen LogP contribution in [0.2, 0.25) is 0 Å². The Morgan fingerprint density at radius 3 is 3.00 bits per heavy atom. The minimum absolute atomic E-state index is 0.203. The second-order valence-electron chi connectivity index (χ2n) is 2.90. The predicted molar refractivity (Wildman–Crippen MR) is 60.7 cm³/mol. The summed E-state index contributed by atoms with van der Waals surface area (Å²) in [6, 6.07) is 7.00. The number of pyridine rings is 1. The van der Waals surface area contributed by atoms with E-state index in [1.807, 2.05) is 0 Å². The van der Waals surface area contributed by atoms with Crippen LogP contribution in [-0.2, 0) is 0 Å². The molecule has 0 bridgehead atoms. The Bertz CT molecular complexity index is 467. The highest BCUT2D eigenvalue weighted by Gasteiger charge is 2.06. The maximum atomic E-state index is 11.6. The van der Waals surface area contributed by atoms with E-state index in [0.29, 0.717) is 11.5 Å². The third-order valence-corrected chi connectivity index (χ3v) is 2.30. The number of rotatable bonds is 2. The summed E-state index contributed by atoms with van der Waals surface area (Å²) in [6.45, 7) is 0. The van der Waals surface area contributed by atoms with Crippen LogP contribution in [0.1, 0.15) is 10.5 Å². The smallest absolute Gasteiger partial charge is 0.273 e. The van der Waals surface area contributed by atoms with Crippen molar-refractivity contribution in [3.05, 3.63) is 46.8 Å². The molecule has 0 unspecified atom stereocenters. The Balaban J connectivity index is 2.13. The largest absolute Gasteiger partial charge is 0.357 e. The molecule has 0 fully saturated rings. The molecule has 0 aliphatic rings. The number of hydrogen-bond acceptors (Lipinski definition) is 2. The molecule has 1 amide bonds. The van der Waals surface area contributed by atoms with Gasteiger partial charge < -0.3 is 10.3 Å². The molecule has 2 heterocycles. The molecule has 0 aliphatic heterocycles. The Morgan fingerprint density at radius 1 is 1.47 bits per heavy atom. The lowest BCUT2D eigenvalue weighted by Gasteiger charge is -2.02. The topological polar surface area (TPSA) is 57.8 Å². The number of aromatic nitrogens is 2. The van der Waals surface area contributed by atoms with Gasteiger partial charge in [-0.05, 0) is 24.3 Å². The highest BCUT2D eigenvalue weighted by molar-refractivity contribution is 9.10. The van der Waals surface area contributed by atoms with Crippen molar-refractivity contribution in [3.8, 4) is 0 Å².